The van der Waals surface area contributed by atoms with E-state index in [0.29, 0.717) is 18.2 Å². The Bertz CT molecular complexity index is 614. The van der Waals surface area contributed by atoms with Gasteiger partial charge in [-0.25, -0.2) is 9.59 Å². The van der Waals surface area contributed by atoms with Crippen molar-refractivity contribution in [3.05, 3.63) is 47.0 Å². The van der Waals surface area contributed by atoms with Crippen LogP contribution in [0.1, 0.15) is 15.9 Å². The summed E-state index contributed by atoms with van der Waals surface area (Å²) in [4.78, 5) is 34.8. The number of Topliss-reactive ketones (excluding diaryl/α,β-unsaturated/α-hetero) is 1. The largest absolute Gasteiger partial charge is 0.466 e. The Morgan fingerprint density at radius 3 is 1.95 bits per heavy atom. The molecule has 0 atom stereocenters. The summed E-state index contributed by atoms with van der Waals surface area (Å²) >= 11 is 0. The highest BCUT2D eigenvalue weighted by molar-refractivity contribution is 6.26. The molecule has 0 aliphatic heterocycles. The van der Waals surface area contributed by atoms with Gasteiger partial charge in [0, 0.05) is 11.6 Å². The molecule has 0 saturated heterocycles. The zero-order valence-electron chi connectivity index (χ0n) is 11.6. The fourth-order valence-electron chi connectivity index (χ4n) is 1.47. The zero-order chi connectivity index (χ0) is 16.9. The lowest BCUT2D eigenvalue weighted by atomic mass is 10.0. The third-order valence-electron chi connectivity index (χ3n) is 2.59. The number of hydrogen-bond donors (Lipinski definition) is 0. The van der Waals surface area contributed by atoms with Gasteiger partial charge in [0.1, 0.15) is 5.57 Å². The molecule has 0 spiro atoms. The molecule has 118 valence electrons. The normalized spacial score (nSPS) is 11.8. The lowest BCUT2D eigenvalue weighted by Gasteiger charge is -2.08. The van der Waals surface area contributed by atoms with Gasteiger partial charge in [0.15, 0.2) is 0 Å². The van der Waals surface area contributed by atoms with Crippen molar-refractivity contribution in [2.24, 2.45) is 0 Å². The number of benzene rings is 1. The van der Waals surface area contributed by atoms with Gasteiger partial charge in [-0.15, -0.1) is 0 Å². The number of halogens is 3. The van der Waals surface area contributed by atoms with Crippen LogP contribution in [0.4, 0.5) is 13.2 Å². The molecule has 0 fully saturated rings. The monoisotopic (exact) mass is 316 g/mol. The van der Waals surface area contributed by atoms with Crippen LogP contribution in [0.2, 0.25) is 0 Å². The number of ether oxygens (including phenoxy) is 2. The van der Waals surface area contributed by atoms with Crippen molar-refractivity contribution in [3.8, 4) is 0 Å². The molecule has 5 nitrogen and oxygen atoms in total. The van der Waals surface area contributed by atoms with E-state index < -0.39 is 35.0 Å². The highest BCUT2D eigenvalue weighted by Crippen LogP contribution is 2.29. The molecule has 0 amide bonds. The molecule has 8 heteroatoms. The van der Waals surface area contributed by atoms with Crippen molar-refractivity contribution in [2.75, 3.05) is 14.2 Å². The second-order valence-corrected chi connectivity index (χ2v) is 3.98. The average molecular weight is 316 g/mol. The number of esters is 2. The summed E-state index contributed by atoms with van der Waals surface area (Å²) in [6.45, 7) is 0. The van der Waals surface area contributed by atoms with E-state index in [0.717, 1.165) is 26.4 Å². The Hall–Kier alpha value is -2.64. The molecule has 0 unspecified atom stereocenters. The van der Waals surface area contributed by atoms with Gasteiger partial charge in [-0.1, -0.05) is 12.1 Å². The molecule has 0 N–H and O–H groups in total. The maximum Gasteiger partial charge on any atom is 0.416 e. The van der Waals surface area contributed by atoms with Gasteiger partial charge in [0.25, 0.3) is 0 Å². The minimum Gasteiger partial charge on any atom is -0.466 e. The minimum atomic E-state index is -4.55. The maximum absolute atomic E-state index is 12.4. The van der Waals surface area contributed by atoms with Crippen molar-refractivity contribution in [2.45, 2.75) is 6.18 Å². The van der Waals surface area contributed by atoms with Crippen LogP contribution in [0.25, 0.3) is 0 Å². The van der Waals surface area contributed by atoms with Gasteiger partial charge >= 0.3 is 18.1 Å². The first kappa shape index (κ1) is 17.4. The summed E-state index contributed by atoms with van der Waals surface area (Å²) in [7, 11) is 2.03. The van der Waals surface area contributed by atoms with Crippen molar-refractivity contribution in [1.29, 1.82) is 0 Å². The van der Waals surface area contributed by atoms with E-state index in [1.807, 2.05) is 0 Å². The molecule has 22 heavy (non-hydrogen) atoms. The van der Waals surface area contributed by atoms with Crippen LogP contribution in [0.5, 0.6) is 0 Å². The summed E-state index contributed by atoms with van der Waals surface area (Å²) in [5, 5.41) is 0. The zero-order valence-corrected chi connectivity index (χ0v) is 11.6. The van der Waals surface area contributed by atoms with Gasteiger partial charge in [-0.3, -0.25) is 4.79 Å². The molecule has 1 aromatic rings. The molecule has 0 aliphatic carbocycles. The Morgan fingerprint density at radius 2 is 1.55 bits per heavy atom. The molecule has 0 aromatic heterocycles. The van der Waals surface area contributed by atoms with Crippen LogP contribution < -0.4 is 0 Å². The molecule has 0 saturated carbocycles. The van der Waals surface area contributed by atoms with Crippen LogP contribution in [-0.4, -0.2) is 31.9 Å². The summed E-state index contributed by atoms with van der Waals surface area (Å²) in [6.07, 6.45) is -3.93. The van der Waals surface area contributed by atoms with E-state index >= 15 is 0 Å². The third-order valence-corrected chi connectivity index (χ3v) is 2.59. The smallest absolute Gasteiger partial charge is 0.416 e. The van der Waals surface area contributed by atoms with E-state index in [1.165, 1.54) is 0 Å². The molecule has 1 rings (SSSR count). The van der Waals surface area contributed by atoms with Gasteiger partial charge < -0.3 is 9.47 Å². The van der Waals surface area contributed by atoms with E-state index in [2.05, 4.69) is 9.47 Å². The van der Waals surface area contributed by atoms with Crippen molar-refractivity contribution in [1.82, 2.24) is 0 Å². The number of methoxy groups -OCH3 is 2. The highest BCUT2D eigenvalue weighted by Gasteiger charge is 2.30. The van der Waals surface area contributed by atoms with Gasteiger partial charge in [-0.05, 0) is 12.1 Å². The highest BCUT2D eigenvalue weighted by atomic mass is 19.4. The third kappa shape index (κ3) is 4.18. The molecule has 0 heterocycles. The van der Waals surface area contributed by atoms with Gasteiger partial charge in [0.2, 0.25) is 5.78 Å². The standard InChI is InChI=1S/C14H11F3O5/c1-21-11(18)7-10(13(20)22-2)12(19)8-3-5-9(6-4-8)14(15,16)17/h3-7H,1-2H3/b10-7+. The predicted octanol–water partition coefficient (Wildman–Crippen LogP) is 2.16. The fraction of sp³-hybridized carbons (Fsp3) is 0.214. The Kier molecular flexibility index (Phi) is 5.44. The lowest BCUT2D eigenvalue weighted by Crippen LogP contribution is -2.17. The van der Waals surface area contributed by atoms with E-state index in [9.17, 15) is 27.6 Å². The Balaban J connectivity index is 3.17. The summed E-state index contributed by atoms with van der Waals surface area (Å²) in [6, 6.07) is 3.19. The maximum atomic E-state index is 12.4. The minimum absolute atomic E-state index is 0.200. The van der Waals surface area contributed by atoms with Crippen LogP contribution in [-0.2, 0) is 25.2 Å². The second kappa shape index (κ2) is 6.88. The predicted molar refractivity (Wildman–Crippen MR) is 67.9 cm³/mol. The van der Waals surface area contributed by atoms with Crippen LogP contribution in [0, 0.1) is 0 Å². The van der Waals surface area contributed by atoms with Crippen molar-refractivity contribution >= 4 is 17.7 Å². The Morgan fingerprint density at radius 1 is 1.00 bits per heavy atom. The average Bonchev–Trinajstić information content (AvgIpc) is 2.50. The first-order valence-electron chi connectivity index (χ1n) is 5.80. The van der Waals surface area contributed by atoms with Crippen LogP contribution >= 0.6 is 0 Å². The van der Waals surface area contributed by atoms with Gasteiger partial charge in [-0.2, -0.15) is 13.2 Å². The summed E-state index contributed by atoms with van der Waals surface area (Å²) in [5.41, 5.74) is -1.79. The number of ketones is 1. The molecule has 0 bridgehead atoms. The van der Waals surface area contributed by atoms with Crippen LogP contribution in [0.3, 0.4) is 0 Å². The SMILES string of the molecule is COC(=O)/C=C(/C(=O)OC)C(=O)c1ccc(C(F)(F)F)cc1. The fourth-order valence-corrected chi connectivity index (χ4v) is 1.47. The van der Waals surface area contributed by atoms with E-state index in [4.69, 9.17) is 0 Å². The van der Waals surface area contributed by atoms with Gasteiger partial charge in [0.05, 0.1) is 19.8 Å². The quantitative estimate of drug-likeness (QED) is 0.280. The number of hydrogen-bond acceptors (Lipinski definition) is 5. The first-order valence-corrected chi connectivity index (χ1v) is 5.80. The first-order chi connectivity index (χ1) is 10.2. The number of alkyl halides is 3. The molecular formula is C14H11F3O5. The number of carbonyl (C=O) groups excluding carboxylic acids is 3. The lowest BCUT2D eigenvalue weighted by molar-refractivity contribution is -0.138. The summed E-state index contributed by atoms with van der Waals surface area (Å²) < 4.78 is 46.0. The molecule has 1 aromatic carbocycles. The van der Waals surface area contributed by atoms with E-state index in [1.54, 1.807) is 0 Å². The molecule has 0 aliphatic rings. The topological polar surface area (TPSA) is 69.7 Å². The molecule has 0 radical (unpaired) electrons. The van der Waals surface area contributed by atoms with E-state index in [-0.39, 0.29) is 5.56 Å². The molecular weight excluding hydrogens is 305 g/mol. The van der Waals surface area contributed by atoms with Crippen LogP contribution in [0.15, 0.2) is 35.9 Å². The second-order valence-electron chi connectivity index (χ2n) is 3.98. The number of rotatable bonds is 4. The number of carbonyl (C=O) groups is 3. The Labute approximate surface area is 123 Å². The van der Waals surface area contributed by atoms with Crippen molar-refractivity contribution < 1.29 is 37.0 Å². The van der Waals surface area contributed by atoms with Crippen molar-refractivity contribution in [3.63, 3.8) is 0 Å². The summed E-state index contributed by atoms with van der Waals surface area (Å²) in [5.74, 6) is -3.03.